The average molecular weight is 382 g/mol. The molecule has 4 aromatic rings. The quantitative estimate of drug-likeness (QED) is 0.316. The van der Waals surface area contributed by atoms with E-state index in [0.717, 1.165) is 32.7 Å². The van der Waals surface area contributed by atoms with Crippen molar-refractivity contribution in [3.63, 3.8) is 0 Å². The standard InChI is InChI=1S/C26H22O3/c1-3-17-13-15-19-9-5-7-11-21(19)23(17)25(27)29-26(28)24-18(4-2)14-16-20-10-6-8-12-22(20)24/h5-16H,3-4H2,1-2H3. The molecule has 0 heterocycles. The molecular weight excluding hydrogens is 360 g/mol. The maximum Gasteiger partial charge on any atom is 0.346 e. The van der Waals surface area contributed by atoms with Gasteiger partial charge in [0.15, 0.2) is 0 Å². The Kier molecular flexibility index (Phi) is 5.13. The SMILES string of the molecule is CCc1ccc2ccccc2c1C(=O)OC(=O)c1c(CC)ccc2ccccc12. The molecule has 0 saturated heterocycles. The van der Waals surface area contributed by atoms with Crippen LogP contribution in [0.4, 0.5) is 0 Å². The van der Waals surface area contributed by atoms with Crippen molar-refractivity contribution < 1.29 is 14.3 Å². The fourth-order valence-electron chi connectivity index (χ4n) is 3.89. The molecule has 0 amide bonds. The molecule has 0 aliphatic rings. The summed E-state index contributed by atoms with van der Waals surface area (Å²) >= 11 is 0. The number of fused-ring (bicyclic) bond motifs is 2. The molecular formula is C26H22O3. The molecule has 0 aromatic heterocycles. The number of benzene rings is 4. The number of hydrogen-bond acceptors (Lipinski definition) is 3. The van der Waals surface area contributed by atoms with Gasteiger partial charge in [-0.25, -0.2) is 9.59 Å². The van der Waals surface area contributed by atoms with Crippen molar-refractivity contribution in [3.05, 3.63) is 95.1 Å². The minimum absolute atomic E-state index is 0.470. The summed E-state index contributed by atoms with van der Waals surface area (Å²) < 4.78 is 5.45. The molecule has 0 spiro atoms. The van der Waals surface area contributed by atoms with Gasteiger partial charge in [0.2, 0.25) is 0 Å². The Morgan fingerprint density at radius 1 is 0.621 bits per heavy atom. The summed E-state index contributed by atoms with van der Waals surface area (Å²) in [6.07, 6.45) is 1.36. The molecule has 0 radical (unpaired) electrons. The first kappa shape index (κ1) is 18.9. The van der Waals surface area contributed by atoms with Gasteiger partial charge in [-0.3, -0.25) is 0 Å². The zero-order valence-corrected chi connectivity index (χ0v) is 16.6. The average Bonchev–Trinajstić information content (AvgIpc) is 2.77. The topological polar surface area (TPSA) is 43.4 Å². The Balaban J connectivity index is 1.78. The van der Waals surface area contributed by atoms with Crippen LogP contribution in [0.5, 0.6) is 0 Å². The number of esters is 2. The lowest BCUT2D eigenvalue weighted by molar-refractivity contribution is 0.0399. The van der Waals surface area contributed by atoms with Crippen molar-refractivity contribution in [2.24, 2.45) is 0 Å². The highest BCUT2D eigenvalue weighted by molar-refractivity contribution is 6.14. The molecule has 0 bridgehead atoms. The maximum absolute atomic E-state index is 13.1. The van der Waals surface area contributed by atoms with Gasteiger partial charge in [-0.1, -0.05) is 86.6 Å². The summed E-state index contributed by atoms with van der Waals surface area (Å²) in [6, 6.07) is 23.2. The van der Waals surface area contributed by atoms with Crippen LogP contribution in [-0.2, 0) is 17.6 Å². The predicted octanol–water partition coefficient (Wildman–Crippen LogP) is 6.12. The first-order valence-corrected chi connectivity index (χ1v) is 9.91. The zero-order chi connectivity index (χ0) is 20.4. The molecule has 3 nitrogen and oxygen atoms in total. The first-order valence-electron chi connectivity index (χ1n) is 9.91. The number of carbonyl (C=O) groups is 2. The van der Waals surface area contributed by atoms with E-state index in [1.54, 1.807) is 0 Å². The molecule has 0 unspecified atom stereocenters. The number of aryl methyl sites for hydroxylation is 2. The molecule has 144 valence electrons. The Morgan fingerprint density at radius 3 is 1.45 bits per heavy atom. The van der Waals surface area contributed by atoms with Crippen molar-refractivity contribution in [2.75, 3.05) is 0 Å². The van der Waals surface area contributed by atoms with Crippen LogP contribution in [0.1, 0.15) is 45.7 Å². The molecule has 0 saturated carbocycles. The smallest absolute Gasteiger partial charge is 0.346 e. The minimum Gasteiger partial charge on any atom is -0.386 e. The number of rotatable bonds is 4. The van der Waals surface area contributed by atoms with Crippen LogP contribution in [-0.4, -0.2) is 11.9 Å². The molecule has 0 atom stereocenters. The Bertz CT molecular complexity index is 1140. The van der Waals surface area contributed by atoms with Gasteiger partial charge in [-0.15, -0.1) is 0 Å². The van der Waals surface area contributed by atoms with Crippen LogP contribution in [0.3, 0.4) is 0 Å². The van der Waals surface area contributed by atoms with Crippen LogP contribution >= 0.6 is 0 Å². The summed E-state index contributed by atoms with van der Waals surface area (Å²) in [6.45, 7) is 3.98. The van der Waals surface area contributed by atoms with Gasteiger partial charge >= 0.3 is 11.9 Å². The Hall–Kier alpha value is -3.46. The number of carbonyl (C=O) groups excluding carboxylic acids is 2. The van der Waals surface area contributed by atoms with Crippen LogP contribution in [0, 0.1) is 0 Å². The molecule has 0 aliphatic heterocycles. The van der Waals surface area contributed by atoms with E-state index in [1.165, 1.54) is 0 Å². The lowest BCUT2D eigenvalue weighted by atomic mass is 9.96. The number of ether oxygens (including phenoxy) is 1. The lowest BCUT2D eigenvalue weighted by Crippen LogP contribution is -2.16. The fourth-order valence-corrected chi connectivity index (χ4v) is 3.89. The summed E-state index contributed by atoms with van der Waals surface area (Å²) in [4.78, 5) is 26.2. The monoisotopic (exact) mass is 382 g/mol. The summed E-state index contributed by atoms with van der Waals surface area (Å²) in [5, 5.41) is 3.50. The van der Waals surface area contributed by atoms with Crippen LogP contribution < -0.4 is 0 Å². The van der Waals surface area contributed by atoms with Crippen molar-refractivity contribution >= 4 is 33.5 Å². The van der Waals surface area contributed by atoms with Gasteiger partial charge in [0.25, 0.3) is 0 Å². The third-order valence-electron chi connectivity index (χ3n) is 5.39. The van der Waals surface area contributed by atoms with E-state index >= 15 is 0 Å². The van der Waals surface area contributed by atoms with E-state index in [0.29, 0.717) is 24.0 Å². The second-order valence-electron chi connectivity index (χ2n) is 7.03. The van der Waals surface area contributed by atoms with Gasteiger partial charge < -0.3 is 4.74 Å². The molecule has 4 aromatic carbocycles. The highest BCUT2D eigenvalue weighted by Crippen LogP contribution is 2.27. The van der Waals surface area contributed by atoms with E-state index in [-0.39, 0.29) is 0 Å². The normalized spacial score (nSPS) is 11.0. The van der Waals surface area contributed by atoms with Crippen LogP contribution in [0.2, 0.25) is 0 Å². The van der Waals surface area contributed by atoms with E-state index in [1.807, 2.05) is 86.6 Å². The second-order valence-corrected chi connectivity index (χ2v) is 7.03. The first-order chi connectivity index (χ1) is 14.1. The van der Waals surface area contributed by atoms with Gasteiger partial charge in [0, 0.05) is 0 Å². The van der Waals surface area contributed by atoms with Crippen LogP contribution in [0.15, 0.2) is 72.8 Å². The number of hydrogen-bond donors (Lipinski definition) is 0. The predicted molar refractivity (Wildman–Crippen MR) is 116 cm³/mol. The zero-order valence-electron chi connectivity index (χ0n) is 16.6. The summed E-state index contributed by atoms with van der Waals surface area (Å²) in [5.74, 6) is -1.20. The van der Waals surface area contributed by atoms with E-state index in [9.17, 15) is 9.59 Å². The van der Waals surface area contributed by atoms with Gasteiger partial charge in [0.1, 0.15) is 0 Å². The maximum atomic E-state index is 13.1. The largest absolute Gasteiger partial charge is 0.386 e. The van der Waals surface area contributed by atoms with E-state index in [2.05, 4.69) is 0 Å². The van der Waals surface area contributed by atoms with Gasteiger partial charge in [0.05, 0.1) is 11.1 Å². The summed E-state index contributed by atoms with van der Waals surface area (Å²) in [5.41, 5.74) is 2.68. The fraction of sp³-hybridized carbons (Fsp3) is 0.154. The molecule has 0 N–H and O–H groups in total. The van der Waals surface area contributed by atoms with Crippen LogP contribution in [0.25, 0.3) is 21.5 Å². The molecule has 29 heavy (non-hydrogen) atoms. The molecule has 0 fully saturated rings. The summed E-state index contributed by atoms with van der Waals surface area (Å²) in [7, 11) is 0. The molecule has 3 heteroatoms. The Morgan fingerprint density at radius 2 is 1.03 bits per heavy atom. The van der Waals surface area contributed by atoms with Crippen molar-refractivity contribution in [1.82, 2.24) is 0 Å². The van der Waals surface area contributed by atoms with E-state index in [4.69, 9.17) is 4.74 Å². The molecule has 4 rings (SSSR count). The highest BCUT2D eigenvalue weighted by atomic mass is 16.6. The second kappa shape index (κ2) is 7.88. The highest BCUT2D eigenvalue weighted by Gasteiger charge is 2.23. The molecule has 0 aliphatic carbocycles. The van der Waals surface area contributed by atoms with Gasteiger partial charge in [-0.05, 0) is 45.5 Å². The third-order valence-corrected chi connectivity index (χ3v) is 5.39. The van der Waals surface area contributed by atoms with Crippen molar-refractivity contribution in [1.29, 1.82) is 0 Å². The van der Waals surface area contributed by atoms with Crippen molar-refractivity contribution in [3.8, 4) is 0 Å². The Labute approximate surface area is 169 Å². The van der Waals surface area contributed by atoms with E-state index < -0.39 is 11.9 Å². The minimum atomic E-state index is -0.598. The third kappa shape index (κ3) is 3.40. The lowest BCUT2D eigenvalue weighted by Gasteiger charge is -2.13. The van der Waals surface area contributed by atoms with Gasteiger partial charge in [-0.2, -0.15) is 0 Å². The van der Waals surface area contributed by atoms with Crippen molar-refractivity contribution in [2.45, 2.75) is 26.7 Å².